The van der Waals surface area contributed by atoms with E-state index >= 15 is 0 Å². The Morgan fingerprint density at radius 3 is 2.55 bits per heavy atom. The van der Waals surface area contributed by atoms with Crippen molar-refractivity contribution in [3.8, 4) is 5.75 Å². The van der Waals surface area contributed by atoms with Gasteiger partial charge in [0.25, 0.3) is 5.91 Å². The summed E-state index contributed by atoms with van der Waals surface area (Å²) in [7, 11) is 0. The van der Waals surface area contributed by atoms with Crippen LogP contribution in [0.2, 0.25) is 0 Å². The maximum absolute atomic E-state index is 12.1. The molecule has 1 aromatic carbocycles. The normalized spacial score (nSPS) is 16.6. The lowest BCUT2D eigenvalue weighted by molar-refractivity contribution is -0.140. The number of nitrogens with zero attached hydrogens (tertiary/aromatic N) is 2. The van der Waals surface area contributed by atoms with E-state index in [1.54, 1.807) is 12.1 Å². The van der Waals surface area contributed by atoms with Crippen LogP contribution < -0.4 is 5.73 Å². The average Bonchev–Trinajstić information content (AvgIpc) is 2.69. The topological polar surface area (TPSA) is 116 Å². The summed E-state index contributed by atoms with van der Waals surface area (Å²) in [6.45, 7) is -0.492. The third-order valence-corrected chi connectivity index (χ3v) is 2.70. The first-order valence-corrected chi connectivity index (χ1v) is 5.83. The number of hydrogen-bond donors (Lipinski definition) is 3. The summed E-state index contributed by atoms with van der Waals surface area (Å²) in [5.41, 5.74) is 6.25. The van der Waals surface area contributed by atoms with Crippen molar-refractivity contribution in [1.29, 1.82) is 0 Å². The Morgan fingerprint density at radius 2 is 2.00 bits per heavy atom. The smallest absolute Gasteiger partial charge is 0.323 e. The van der Waals surface area contributed by atoms with E-state index in [1.165, 1.54) is 18.2 Å². The molecule has 7 heteroatoms. The molecule has 20 heavy (non-hydrogen) atoms. The fourth-order valence-corrected chi connectivity index (χ4v) is 1.78. The van der Waals surface area contributed by atoms with Gasteiger partial charge in [0.05, 0.1) is 6.54 Å². The number of aliphatic carboxylic acids is 1. The van der Waals surface area contributed by atoms with E-state index in [2.05, 4.69) is 4.99 Å². The lowest BCUT2D eigenvalue weighted by atomic mass is 10.2. The van der Waals surface area contributed by atoms with E-state index in [-0.39, 0.29) is 23.8 Å². The number of carboxylic acid groups (broad SMARTS) is 1. The van der Waals surface area contributed by atoms with Crippen LogP contribution in [0, 0.1) is 0 Å². The number of carbonyl (C=O) groups is 2. The van der Waals surface area contributed by atoms with Gasteiger partial charge in [-0.3, -0.25) is 14.5 Å². The zero-order valence-corrected chi connectivity index (χ0v) is 10.5. The molecule has 0 saturated carbocycles. The van der Waals surface area contributed by atoms with Crippen LogP contribution in [0.4, 0.5) is 0 Å². The van der Waals surface area contributed by atoms with Gasteiger partial charge in [0.15, 0.2) is 0 Å². The molecule has 1 heterocycles. The number of aliphatic imine (C=N–C) groups is 1. The van der Waals surface area contributed by atoms with Gasteiger partial charge in [-0.15, -0.1) is 0 Å². The number of carboxylic acids is 1. The molecule has 104 valence electrons. The molecule has 1 aromatic rings. The summed E-state index contributed by atoms with van der Waals surface area (Å²) in [4.78, 5) is 27.9. The lowest BCUT2D eigenvalue weighted by Gasteiger charge is -2.13. The standard InChI is InChI=1S/C13H13N3O4/c14-6-11-15-10(13(20)16(11)7-12(18)19)5-8-1-3-9(17)4-2-8/h1-5,17H,6-7,14H2,(H,18,19)/b10-5-. The van der Waals surface area contributed by atoms with Crippen molar-refractivity contribution in [3.63, 3.8) is 0 Å². The molecule has 0 spiro atoms. The van der Waals surface area contributed by atoms with Crippen LogP contribution in [0.25, 0.3) is 6.08 Å². The summed E-state index contributed by atoms with van der Waals surface area (Å²) in [5.74, 6) is -1.29. The van der Waals surface area contributed by atoms with E-state index in [0.717, 1.165) is 4.90 Å². The summed E-state index contributed by atoms with van der Waals surface area (Å²) in [6.07, 6.45) is 1.51. The van der Waals surface area contributed by atoms with Gasteiger partial charge in [-0.05, 0) is 23.8 Å². The molecule has 0 aliphatic carbocycles. The Labute approximate surface area is 114 Å². The highest BCUT2D eigenvalue weighted by atomic mass is 16.4. The minimum atomic E-state index is -1.13. The van der Waals surface area contributed by atoms with Gasteiger partial charge >= 0.3 is 5.97 Å². The number of carbonyl (C=O) groups excluding carboxylic acids is 1. The molecule has 1 amide bonds. The van der Waals surface area contributed by atoms with E-state index in [9.17, 15) is 14.7 Å². The number of aromatic hydroxyl groups is 1. The summed E-state index contributed by atoms with van der Waals surface area (Å²) in [6, 6.07) is 6.20. The number of phenols is 1. The maximum atomic E-state index is 12.1. The highest BCUT2D eigenvalue weighted by Crippen LogP contribution is 2.19. The van der Waals surface area contributed by atoms with E-state index in [0.29, 0.717) is 5.56 Å². The van der Waals surface area contributed by atoms with E-state index < -0.39 is 18.4 Å². The number of benzene rings is 1. The van der Waals surface area contributed by atoms with E-state index in [1.807, 2.05) is 0 Å². The minimum absolute atomic E-state index is 0.0219. The van der Waals surface area contributed by atoms with Crippen molar-refractivity contribution in [3.05, 3.63) is 35.5 Å². The zero-order chi connectivity index (χ0) is 14.7. The van der Waals surface area contributed by atoms with Gasteiger partial charge in [-0.2, -0.15) is 0 Å². The summed E-state index contributed by atoms with van der Waals surface area (Å²) in [5, 5.41) is 18.0. The van der Waals surface area contributed by atoms with Crippen LogP contribution in [0.1, 0.15) is 5.56 Å². The lowest BCUT2D eigenvalue weighted by Crippen LogP contribution is -2.39. The maximum Gasteiger partial charge on any atom is 0.323 e. The number of amidine groups is 1. The average molecular weight is 275 g/mol. The van der Waals surface area contributed by atoms with Crippen LogP contribution in [-0.4, -0.2) is 45.9 Å². The third-order valence-electron chi connectivity index (χ3n) is 2.70. The van der Waals surface area contributed by atoms with Gasteiger partial charge in [0.2, 0.25) is 0 Å². The molecule has 0 radical (unpaired) electrons. The fourth-order valence-electron chi connectivity index (χ4n) is 1.78. The molecule has 0 aromatic heterocycles. The van der Waals surface area contributed by atoms with Crippen molar-refractivity contribution < 1.29 is 19.8 Å². The highest BCUT2D eigenvalue weighted by molar-refractivity contribution is 6.15. The monoisotopic (exact) mass is 275 g/mol. The number of nitrogens with two attached hydrogens (primary N) is 1. The van der Waals surface area contributed by atoms with E-state index in [4.69, 9.17) is 10.8 Å². The molecular weight excluding hydrogens is 262 g/mol. The first-order valence-electron chi connectivity index (χ1n) is 5.83. The van der Waals surface area contributed by atoms with Crippen LogP contribution in [-0.2, 0) is 9.59 Å². The Bertz CT molecular complexity index is 605. The van der Waals surface area contributed by atoms with Gasteiger partial charge < -0.3 is 15.9 Å². The highest BCUT2D eigenvalue weighted by Gasteiger charge is 2.30. The minimum Gasteiger partial charge on any atom is -0.508 e. The number of amides is 1. The first-order chi connectivity index (χ1) is 9.51. The molecule has 0 atom stereocenters. The van der Waals surface area contributed by atoms with Crippen molar-refractivity contribution in [1.82, 2.24) is 4.90 Å². The summed E-state index contributed by atoms with van der Waals surface area (Å²) < 4.78 is 0. The van der Waals surface area contributed by atoms with Crippen LogP contribution >= 0.6 is 0 Å². The number of phenolic OH excluding ortho intramolecular Hbond substituents is 1. The van der Waals surface area contributed by atoms with Crippen LogP contribution in [0.5, 0.6) is 5.75 Å². The second-order valence-corrected chi connectivity index (χ2v) is 4.14. The van der Waals surface area contributed by atoms with Crippen LogP contribution in [0.15, 0.2) is 35.0 Å². The Hall–Kier alpha value is -2.67. The molecule has 0 fully saturated rings. The molecule has 1 aliphatic rings. The predicted octanol–water partition coefficient (Wildman–Crippen LogP) is 0.0171. The quantitative estimate of drug-likeness (QED) is 0.670. The predicted molar refractivity (Wildman–Crippen MR) is 71.9 cm³/mol. The molecule has 0 bridgehead atoms. The fraction of sp³-hybridized carbons (Fsp3) is 0.154. The van der Waals surface area contributed by atoms with Gasteiger partial charge in [0, 0.05) is 0 Å². The summed E-state index contributed by atoms with van der Waals surface area (Å²) >= 11 is 0. The number of hydrogen-bond acceptors (Lipinski definition) is 5. The van der Waals surface area contributed by atoms with Gasteiger partial charge in [-0.25, -0.2) is 4.99 Å². The van der Waals surface area contributed by atoms with Crippen molar-refractivity contribution in [2.45, 2.75) is 0 Å². The SMILES string of the molecule is NCC1=N/C(=C\c2ccc(O)cc2)C(=O)N1CC(=O)O. The number of rotatable bonds is 4. The molecule has 7 nitrogen and oxygen atoms in total. The van der Waals surface area contributed by atoms with Crippen molar-refractivity contribution in [2.24, 2.45) is 10.7 Å². The largest absolute Gasteiger partial charge is 0.508 e. The van der Waals surface area contributed by atoms with Gasteiger partial charge in [-0.1, -0.05) is 12.1 Å². The Kier molecular flexibility index (Phi) is 3.81. The van der Waals surface area contributed by atoms with Gasteiger partial charge in [0.1, 0.15) is 23.8 Å². The zero-order valence-electron chi connectivity index (χ0n) is 10.5. The first kappa shape index (κ1) is 13.8. The molecular formula is C13H13N3O4. The third kappa shape index (κ3) is 2.83. The Balaban J connectivity index is 2.29. The van der Waals surface area contributed by atoms with Crippen molar-refractivity contribution >= 4 is 23.8 Å². The second kappa shape index (κ2) is 5.54. The Morgan fingerprint density at radius 1 is 1.35 bits per heavy atom. The molecule has 0 unspecified atom stereocenters. The molecule has 0 saturated heterocycles. The molecule has 4 N–H and O–H groups in total. The molecule has 2 rings (SSSR count). The second-order valence-electron chi connectivity index (χ2n) is 4.14. The van der Waals surface area contributed by atoms with Crippen molar-refractivity contribution in [2.75, 3.05) is 13.1 Å². The van der Waals surface area contributed by atoms with Crippen LogP contribution in [0.3, 0.4) is 0 Å². The molecule has 1 aliphatic heterocycles.